The van der Waals surface area contributed by atoms with Gasteiger partial charge in [-0.05, 0) is 31.1 Å². The molecule has 0 N–H and O–H groups in total. The van der Waals surface area contributed by atoms with Gasteiger partial charge in [0.25, 0.3) is 0 Å². The molecule has 6 heteroatoms. The summed E-state index contributed by atoms with van der Waals surface area (Å²) < 4.78 is 16.8. The largest absolute Gasteiger partial charge is 0.462 e. The zero-order chi connectivity index (χ0) is 44.7. The van der Waals surface area contributed by atoms with Crippen molar-refractivity contribution in [2.75, 3.05) is 13.2 Å². The molecule has 0 rings (SSSR count). The lowest BCUT2D eigenvalue weighted by molar-refractivity contribution is -0.167. The Bertz CT molecular complexity index is 931. The fourth-order valence-electron chi connectivity index (χ4n) is 8.34. The van der Waals surface area contributed by atoms with Crippen LogP contribution in [-0.2, 0) is 28.6 Å². The number of esters is 3. The maximum absolute atomic E-state index is 12.8. The van der Waals surface area contributed by atoms with Crippen molar-refractivity contribution in [3.63, 3.8) is 0 Å². The maximum Gasteiger partial charge on any atom is 0.306 e. The minimum Gasteiger partial charge on any atom is -0.462 e. The summed E-state index contributed by atoms with van der Waals surface area (Å²) in [7, 11) is 0. The van der Waals surface area contributed by atoms with E-state index in [1.54, 1.807) is 0 Å². The van der Waals surface area contributed by atoms with E-state index in [0.29, 0.717) is 19.3 Å². The molecule has 1 atom stereocenters. The Kier molecular flexibility index (Phi) is 46.6. The van der Waals surface area contributed by atoms with Crippen molar-refractivity contribution in [3.8, 4) is 0 Å². The van der Waals surface area contributed by atoms with E-state index in [0.717, 1.165) is 69.6 Å². The Hall–Kier alpha value is -1.59. The predicted octanol–water partition coefficient (Wildman–Crippen LogP) is 17.7. The number of unbranched alkanes of at least 4 members (excludes halogenated alkanes) is 34. The lowest BCUT2D eigenvalue weighted by atomic mass is 10.0. The minimum absolute atomic E-state index is 0.0631. The van der Waals surface area contributed by atoms with E-state index < -0.39 is 6.10 Å². The van der Waals surface area contributed by atoms with Gasteiger partial charge in [0.15, 0.2) is 6.10 Å². The van der Waals surface area contributed by atoms with Gasteiger partial charge in [-0.3, -0.25) is 14.4 Å². The number of carbonyl (C=O) groups is 3. The number of hydrogen-bond donors (Lipinski definition) is 0. The summed E-state index contributed by atoms with van der Waals surface area (Å²) in [5, 5.41) is 0. The van der Waals surface area contributed by atoms with Crippen LogP contribution in [0.1, 0.15) is 304 Å². The summed E-state index contributed by atoms with van der Waals surface area (Å²) in [6.45, 7) is 11.4. The molecule has 61 heavy (non-hydrogen) atoms. The maximum atomic E-state index is 12.8. The van der Waals surface area contributed by atoms with Crippen LogP contribution in [0.2, 0.25) is 0 Å². The molecule has 0 aliphatic carbocycles. The SMILES string of the molecule is CCCCCCCCCCCCCCCC(=O)OC[C@H](COC(=O)CCCCCCCCCCCCCCC(C)C)OC(=O)CCCCCCCCCCCCCCC(C)C. The molecule has 0 aromatic carbocycles. The van der Waals surface area contributed by atoms with Crippen molar-refractivity contribution in [3.05, 3.63) is 0 Å². The summed E-state index contributed by atoms with van der Waals surface area (Å²) in [6.07, 6.45) is 49.4. The molecule has 0 bridgehead atoms. The highest BCUT2D eigenvalue weighted by molar-refractivity contribution is 5.71. The molecule has 6 nitrogen and oxygen atoms in total. The van der Waals surface area contributed by atoms with Gasteiger partial charge >= 0.3 is 17.9 Å². The summed E-state index contributed by atoms with van der Waals surface area (Å²) in [6, 6.07) is 0. The molecule has 0 fully saturated rings. The van der Waals surface area contributed by atoms with Crippen LogP contribution in [-0.4, -0.2) is 37.2 Å². The van der Waals surface area contributed by atoms with E-state index in [-0.39, 0.29) is 31.1 Å². The highest BCUT2D eigenvalue weighted by Crippen LogP contribution is 2.18. The summed E-state index contributed by atoms with van der Waals surface area (Å²) >= 11 is 0. The first-order valence-corrected chi connectivity index (χ1v) is 27.2. The lowest BCUT2D eigenvalue weighted by Gasteiger charge is -2.18. The third-order valence-corrected chi connectivity index (χ3v) is 12.5. The van der Waals surface area contributed by atoms with Crippen molar-refractivity contribution in [2.45, 2.75) is 310 Å². The Morgan fingerprint density at radius 3 is 0.803 bits per heavy atom. The average molecular weight is 863 g/mol. The molecule has 0 amide bonds. The smallest absolute Gasteiger partial charge is 0.306 e. The molecule has 0 saturated carbocycles. The number of carbonyl (C=O) groups excluding carboxylic acids is 3. The Morgan fingerprint density at radius 2 is 0.541 bits per heavy atom. The van der Waals surface area contributed by atoms with Gasteiger partial charge in [-0.2, -0.15) is 0 Å². The molecule has 0 heterocycles. The van der Waals surface area contributed by atoms with Crippen molar-refractivity contribution in [1.82, 2.24) is 0 Å². The van der Waals surface area contributed by atoms with Crippen LogP contribution >= 0.6 is 0 Å². The summed E-state index contributed by atoms with van der Waals surface area (Å²) in [4.78, 5) is 38.0. The fraction of sp³-hybridized carbons (Fsp3) is 0.945. The quantitative estimate of drug-likeness (QED) is 0.0344. The van der Waals surface area contributed by atoms with Gasteiger partial charge in [0.1, 0.15) is 13.2 Å². The molecular formula is C55H106O6. The number of rotatable bonds is 49. The molecule has 0 aromatic rings. The highest BCUT2D eigenvalue weighted by Gasteiger charge is 2.19. The van der Waals surface area contributed by atoms with E-state index in [9.17, 15) is 14.4 Å². The van der Waals surface area contributed by atoms with Gasteiger partial charge in [-0.15, -0.1) is 0 Å². The van der Waals surface area contributed by atoms with Crippen LogP contribution in [0, 0.1) is 11.8 Å². The van der Waals surface area contributed by atoms with Gasteiger partial charge in [0.05, 0.1) is 0 Å². The van der Waals surface area contributed by atoms with E-state index >= 15 is 0 Å². The van der Waals surface area contributed by atoms with Crippen LogP contribution in [0.4, 0.5) is 0 Å². The molecule has 0 saturated heterocycles. The molecule has 362 valence electrons. The van der Waals surface area contributed by atoms with Gasteiger partial charge in [0.2, 0.25) is 0 Å². The van der Waals surface area contributed by atoms with Crippen LogP contribution in [0.5, 0.6) is 0 Å². The van der Waals surface area contributed by atoms with Gasteiger partial charge < -0.3 is 14.2 Å². The first kappa shape index (κ1) is 59.4. The van der Waals surface area contributed by atoms with E-state index in [4.69, 9.17) is 14.2 Å². The Labute approximate surface area is 380 Å². The monoisotopic (exact) mass is 863 g/mol. The second kappa shape index (κ2) is 47.9. The van der Waals surface area contributed by atoms with Gasteiger partial charge in [-0.25, -0.2) is 0 Å². The fourth-order valence-corrected chi connectivity index (χ4v) is 8.34. The average Bonchev–Trinajstić information content (AvgIpc) is 3.23. The zero-order valence-corrected chi connectivity index (χ0v) is 41.8. The van der Waals surface area contributed by atoms with Gasteiger partial charge in [0, 0.05) is 19.3 Å². The van der Waals surface area contributed by atoms with E-state index in [1.807, 2.05) is 0 Å². The van der Waals surface area contributed by atoms with Crippen molar-refractivity contribution < 1.29 is 28.6 Å². The Balaban J connectivity index is 4.31. The first-order chi connectivity index (χ1) is 29.7. The van der Waals surface area contributed by atoms with Crippen molar-refractivity contribution >= 4 is 17.9 Å². The highest BCUT2D eigenvalue weighted by atomic mass is 16.6. The molecule has 0 radical (unpaired) electrons. The second-order valence-corrected chi connectivity index (χ2v) is 19.8. The first-order valence-electron chi connectivity index (χ1n) is 27.2. The lowest BCUT2D eigenvalue weighted by Crippen LogP contribution is -2.30. The predicted molar refractivity (Wildman–Crippen MR) is 261 cm³/mol. The van der Waals surface area contributed by atoms with Crippen molar-refractivity contribution in [2.24, 2.45) is 11.8 Å². The molecule has 0 aromatic heterocycles. The van der Waals surface area contributed by atoms with E-state index in [2.05, 4.69) is 34.6 Å². The second-order valence-electron chi connectivity index (χ2n) is 19.8. The number of ether oxygens (including phenoxy) is 3. The number of hydrogen-bond acceptors (Lipinski definition) is 6. The van der Waals surface area contributed by atoms with Crippen LogP contribution in [0.25, 0.3) is 0 Å². The normalized spacial score (nSPS) is 12.0. The van der Waals surface area contributed by atoms with Crippen LogP contribution in [0.3, 0.4) is 0 Å². The molecule has 0 aliphatic rings. The molecule has 0 aliphatic heterocycles. The third kappa shape index (κ3) is 49.3. The van der Waals surface area contributed by atoms with Crippen molar-refractivity contribution in [1.29, 1.82) is 0 Å². The molecule has 0 spiro atoms. The Morgan fingerprint density at radius 1 is 0.311 bits per heavy atom. The topological polar surface area (TPSA) is 78.9 Å². The molecular weight excluding hydrogens is 757 g/mol. The van der Waals surface area contributed by atoms with Gasteiger partial charge in [-0.1, -0.05) is 266 Å². The summed E-state index contributed by atoms with van der Waals surface area (Å²) in [5.74, 6) is 0.822. The van der Waals surface area contributed by atoms with Crippen LogP contribution < -0.4 is 0 Å². The zero-order valence-electron chi connectivity index (χ0n) is 41.8. The standard InChI is InChI=1S/C55H106O6/c1-6-7-8-9-10-11-12-13-20-25-30-35-40-45-53(56)59-48-52(61-55(58)47-42-37-32-27-22-17-15-19-24-29-34-39-44-51(4)5)49-60-54(57)46-41-36-31-26-21-16-14-18-23-28-33-38-43-50(2)3/h50-52H,6-49H2,1-5H3/t52-/m1/s1. The van der Waals surface area contributed by atoms with E-state index in [1.165, 1.54) is 193 Å². The minimum atomic E-state index is -0.762. The van der Waals surface area contributed by atoms with Crippen LogP contribution in [0.15, 0.2) is 0 Å². The third-order valence-electron chi connectivity index (χ3n) is 12.5. The molecule has 0 unspecified atom stereocenters. The summed E-state index contributed by atoms with van der Waals surface area (Å²) in [5.41, 5.74) is 0.